The van der Waals surface area contributed by atoms with Gasteiger partial charge in [0, 0.05) is 0 Å². The van der Waals surface area contributed by atoms with Crippen LogP contribution in [0.4, 0.5) is 5.82 Å². The van der Waals surface area contributed by atoms with E-state index in [4.69, 9.17) is 10.6 Å². The first-order valence-corrected chi connectivity index (χ1v) is 2.59. The summed E-state index contributed by atoms with van der Waals surface area (Å²) in [5.41, 5.74) is -0.641. The molecule has 0 atom stereocenters. The van der Waals surface area contributed by atoms with Crippen molar-refractivity contribution in [3.63, 3.8) is 0 Å². The average molecular weight is 156 g/mol. The minimum Gasteiger partial charge on any atom is -0.427 e. The van der Waals surface area contributed by atoms with Crippen LogP contribution in [0.3, 0.4) is 0 Å². The standard InChI is InChI=1S/C4H4N4O3/c5-3-4(8(10)11)6-1-2-7(3)9/h1-2,5,9H. The molecule has 0 bridgehead atoms. The van der Waals surface area contributed by atoms with Crippen molar-refractivity contribution in [2.24, 2.45) is 0 Å². The van der Waals surface area contributed by atoms with Crippen molar-refractivity contribution in [1.29, 1.82) is 5.41 Å². The fraction of sp³-hybridized carbons (Fsp3) is 0. The fourth-order valence-corrected chi connectivity index (χ4v) is 0.539. The summed E-state index contributed by atoms with van der Waals surface area (Å²) in [6.45, 7) is 0. The molecule has 1 rings (SSSR count). The Morgan fingerprint density at radius 1 is 1.82 bits per heavy atom. The highest BCUT2D eigenvalue weighted by molar-refractivity contribution is 5.09. The van der Waals surface area contributed by atoms with Crippen LogP contribution in [0.5, 0.6) is 0 Å². The van der Waals surface area contributed by atoms with Gasteiger partial charge in [-0.3, -0.25) is 5.41 Å². The van der Waals surface area contributed by atoms with Gasteiger partial charge < -0.3 is 15.3 Å². The second kappa shape index (κ2) is 2.37. The summed E-state index contributed by atoms with van der Waals surface area (Å²) in [6.07, 6.45) is 2.07. The number of hydrogen-bond acceptors (Lipinski definition) is 5. The van der Waals surface area contributed by atoms with Gasteiger partial charge in [0.2, 0.25) is 0 Å². The first-order chi connectivity index (χ1) is 5.13. The third-order valence-electron chi connectivity index (χ3n) is 1.02. The van der Waals surface area contributed by atoms with Crippen LogP contribution in [0.2, 0.25) is 0 Å². The second-order valence-electron chi connectivity index (χ2n) is 1.70. The van der Waals surface area contributed by atoms with Crippen LogP contribution in [0.1, 0.15) is 0 Å². The number of nitro groups is 1. The number of nitrogens with one attached hydrogen (secondary N) is 1. The van der Waals surface area contributed by atoms with E-state index in [1.807, 2.05) is 0 Å². The Bertz CT molecular complexity index is 343. The van der Waals surface area contributed by atoms with E-state index in [-0.39, 0.29) is 0 Å². The zero-order valence-electron chi connectivity index (χ0n) is 5.26. The van der Waals surface area contributed by atoms with Crippen molar-refractivity contribution in [3.8, 4) is 0 Å². The Morgan fingerprint density at radius 2 is 2.45 bits per heavy atom. The summed E-state index contributed by atoms with van der Waals surface area (Å²) in [6, 6.07) is 0. The molecular formula is C4H4N4O3. The monoisotopic (exact) mass is 156 g/mol. The summed E-state index contributed by atoms with van der Waals surface area (Å²) in [5.74, 6) is -0.671. The van der Waals surface area contributed by atoms with Crippen molar-refractivity contribution in [2.75, 3.05) is 0 Å². The van der Waals surface area contributed by atoms with Gasteiger partial charge in [0.1, 0.15) is 0 Å². The van der Waals surface area contributed by atoms with E-state index in [2.05, 4.69) is 4.98 Å². The van der Waals surface area contributed by atoms with Crippen molar-refractivity contribution >= 4 is 5.82 Å². The van der Waals surface area contributed by atoms with E-state index in [0.717, 1.165) is 12.4 Å². The molecule has 0 saturated carbocycles. The molecule has 7 nitrogen and oxygen atoms in total. The van der Waals surface area contributed by atoms with E-state index in [1.165, 1.54) is 0 Å². The summed E-state index contributed by atoms with van der Waals surface area (Å²) >= 11 is 0. The second-order valence-corrected chi connectivity index (χ2v) is 1.70. The number of rotatable bonds is 1. The minimum atomic E-state index is -0.838. The van der Waals surface area contributed by atoms with Gasteiger partial charge in [0.15, 0.2) is 6.20 Å². The van der Waals surface area contributed by atoms with Crippen LogP contribution < -0.4 is 5.49 Å². The van der Waals surface area contributed by atoms with E-state index in [1.54, 1.807) is 0 Å². The predicted molar refractivity (Wildman–Crippen MR) is 31.9 cm³/mol. The Labute approximate surface area is 60.2 Å². The lowest BCUT2D eigenvalue weighted by atomic mass is 10.6. The highest BCUT2D eigenvalue weighted by atomic mass is 16.6. The summed E-state index contributed by atoms with van der Waals surface area (Å²) in [5, 5.41) is 25.7. The molecule has 0 aliphatic rings. The summed E-state index contributed by atoms with van der Waals surface area (Å²) in [7, 11) is 0. The van der Waals surface area contributed by atoms with Crippen LogP contribution in [-0.4, -0.2) is 19.8 Å². The maximum atomic E-state index is 10.1. The number of hydrogen-bond donors (Lipinski definition) is 2. The topological polar surface area (TPSA) is 105 Å². The van der Waals surface area contributed by atoms with Gasteiger partial charge in [-0.25, -0.2) is 0 Å². The third-order valence-corrected chi connectivity index (χ3v) is 1.02. The normalized spacial score (nSPS) is 9.45. The first-order valence-electron chi connectivity index (χ1n) is 2.59. The SMILES string of the molecule is N=c1c([N+](=O)[O-])nccn1O. The molecule has 0 saturated heterocycles. The van der Waals surface area contributed by atoms with E-state index < -0.39 is 16.2 Å². The van der Waals surface area contributed by atoms with E-state index >= 15 is 0 Å². The van der Waals surface area contributed by atoms with E-state index in [0.29, 0.717) is 4.73 Å². The van der Waals surface area contributed by atoms with Gasteiger partial charge in [0.25, 0.3) is 5.49 Å². The molecule has 11 heavy (non-hydrogen) atoms. The maximum Gasteiger partial charge on any atom is 0.409 e. The lowest BCUT2D eigenvalue weighted by molar-refractivity contribution is -0.392. The largest absolute Gasteiger partial charge is 0.427 e. The Morgan fingerprint density at radius 3 is 2.91 bits per heavy atom. The van der Waals surface area contributed by atoms with Crippen molar-refractivity contribution in [3.05, 3.63) is 28.0 Å². The Hall–Kier alpha value is -1.92. The van der Waals surface area contributed by atoms with Crippen LogP contribution in [0.15, 0.2) is 12.4 Å². The van der Waals surface area contributed by atoms with Crippen LogP contribution in [0, 0.1) is 15.5 Å². The van der Waals surface area contributed by atoms with Gasteiger partial charge in [-0.2, -0.15) is 4.73 Å². The van der Waals surface area contributed by atoms with Gasteiger partial charge in [-0.05, 0) is 9.91 Å². The number of nitrogens with zero attached hydrogens (tertiary/aromatic N) is 3. The average Bonchev–Trinajstić information content (AvgIpc) is 1.94. The van der Waals surface area contributed by atoms with Gasteiger partial charge in [-0.1, -0.05) is 0 Å². The quantitative estimate of drug-likeness (QED) is 0.325. The molecule has 7 heteroatoms. The van der Waals surface area contributed by atoms with Crippen LogP contribution in [-0.2, 0) is 0 Å². The molecule has 0 spiro atoms. The molecule has 0 aliphatic carbocycles. The molecule has 0 unspecified atom stereocenters. The molecule has 58 valence electrons. The minimum absolute atomic E-state index is 0.325. The molecule has 0 fully saturated rings. The smallest absolute Gasteiger partial charge is 0.409 e. The molecule has 1 aromatic heterocycles. The van der Waals surface area contributed by atoms with Crippen molar-refractivity contribution in [2.45, 2.75) is 0 Å². The third kappa shape index (κ3) is 1.16. The molecular weight excluding hydrogens is 152 g/mol. The fourth-order valence-electron chi connectivity index (χ4n) is 0.539. The Balaban J connectivity index is 3.40. The predicted octanol–water partition coefficient (Wildman–Crippen LogP) is -0.492. The zero-order chi connectivity index (χ0) is 8.43. The molecule has 0 amide bonds. The lowest BCUT2D eigenvalue weighted by Crippen LogP contribution is -2.21. The molecule has 1 aromatic rings. The van der Waals surface area contributed by atoms with Gasteiger partial charge >= 0.3 is 5.82 Å². The van der Waals surface area contributed by atoms with Crippen molar-refractivity contribution in [1.82, 2.24) is 9.71 Å². The molecule has 1 heterocycles. The van der Waals surface area contributed by atoms with Gasteiger partial charge in [-0.15, -0.1) is 0 Å². The summed E-state index contributed by atoms with van der Waals surface area (Å²) < 4.78 is 0.325. The molecule has 0 aromatic carbocycles. The molecule has 2 N–H and O–H groups in total. The van der Waals surface area contributed by atoms with Gasteiger partial charge in [0.05, 0.1) is 6.20 Å². The Kier molecular flexibility index (Phi) is 1.55. The number of aromatic nitrogens is 2. The first kappa shape index (κ1) is 7.19. The summed E-state index contributed by atoms with van der Waals surface area (Å²) in [4.78, 5) is 12.5. The zero-order valence-corrected chi connectivity index (χ0v) is 5.26. The maximum absolute atomic E-state index is 10.1. The van der Waals surface area contributed by atoms with Crippen LogP contribution >= 0.6 is 0 Å². The highest BCUT2D eigenvalue weighted by Crippen LogP contribution is 1.93. The molecule has 0 radical (unpaired) electrons. The highest BCUT2D eigenvalue weighted by Gasteiger charge is 2.10. The van der Waals surface area contributed by atoms with Crippen LogP contribution in [0.25, 0.3) is 0 Å². The van der Waals surface area contributed by atoms with Crippen molar-refractivity contribution < 1.29 is 10.1 Å². The lowest BCUT2D eigenvalue weighted by Gasteiger charge is -1.94. The van der Waals surface area contributed by atoms with E-state index in [9.17, 15) is 10.1 Å². The molecule has 0 aliphatic heterocycles.